The summed E-state index contributed by atoms with van der Waals surface area (Å²) in [7, 11) is 1.53. The number of imidazole rings is 1. The molecule has 3 atom stereocenters. The summed E-state index contributed by atoms with van der Waals surface area (Å²) in [5.74, 6) is 0.784. The first-order valence-corrected chi connectivity index (χ1v) is 12.9. The fraction of sp³-hybridized carbons (Fsp3) is 0.400. The molecule has 1 saturated heterocycles. The van der Waals surface area contributed by atoms with Crippen LogP contribution < -0.4 is 5.32 Å². The summed E-state index contributed by atoms with van der Waals surface area (Å²) in [5, 5.41) is 13.8. The summed E-state index contributed by atoms with van der Waals surface area (Å²) in [6.45, 7) is 5.79. The summed E-state index contributed by atoms with van der Waals surface area (Å²) < 4.78 is 36.7. The topological polar surface area (TPSA) is 79.6 Å². The molecule has 1 aromatic heterocycles. The minimum atomic E-state index is -1.66. The zero-order valence-electron chi connectivity index (χ0n) is 22.4. The van der Waals surface area contributed by atoms with E-state index in [1.54, 1.807) is 6.20 Å². The number of amides is 1. The Labute approximate surface area is 227 Å². The summed E-state index contributed by atoms with van der Waals surface area (Å²) in [6, 6.07) is 12.0. The molecule has 206 valence electrons. The quantitative estimate of drug-likeness (QED) is 0.386. The number of ether oxygens (including phenoxy) is 1. The number of aliphatic hydroxyl groups excluding tert-OH is 1. The SMILES string of the molecule is C#CC(O)C(=O)N(CC1CCNC1)C(c1nc(-c2cc(F)ccc2F)cn1Cc1ccccc1)C(C)(C)OC. The molecule has 0 radical (unpaired) electrons. The number of methoxy groups -OCH3 is 1. The molecule has 4 rings (SSSR count). The third-order valence-corrected chi connectivity index (χ3v) is 7.24. The summed E-state index contributed by atoms with van der Waals surface area (Å²) in [5.41, 5.74) is 0.145. The van der Waals surface area contributed by atoms with Gasteiger partial charge in [-0.25, -0.2) is 13.8 Å². The van der Waals surface area contributed by atoms with Crippen molar-refractivity contribution >= 4 is 5.91 Å². The molecule has 0 aliphatic carbocycles. The Morgan fingerprint density at radius 3 is 2.69 bits per heavy atom. The fourth-order valence-corrected chi connectivity index (χ4v) is 5.02. The van der Waals surface area contributed by atoms with Gasteiger partial charge in [-0.05, 0) is 63.0 Å². The highest BCUT2D eigenvalue weighted by Gasteiger charge is 2.43. The maximum Gasteiger partial charge on any atom is 0.264 e. The Hall–Kier alpha value is -3.58. The number of aliphatic hydroxyl groups is 1. The van der Waals surface area contributed by atoms with Crippen molar-refractivity contribution in [3.05, 3.63) is 77.8 Å². The molecule has 1 aliphatic rings. The minimum absolute atomic E-state index is 0.00133. The van der Waals surface area contributed by atoms with Crippen LogP contribution in [0.1, 0.15) is 37.7 Å². The predicted octanol–water partition coefficient (Wildman–Crippen LogP) is 3.77. The maximum atomic E-state index is 14.9. The largest absolute Gasteiger partial charge is 0.376 e. The van der Waals surface area contributed by atoms with Gasteiger partial charge in [0.1, 0.15) is 23.5 Å². The standard InChI is InChI=1S/C30H34F2N4O3/c1-5-26(37)29(38)36(18-21-13-14-33-16-21)27(30(2,3)39-4)28-34-25(23-15-22(31)11-12-24(23)32)19-35(28)17-20-9-7-6-8-10-20/h1,6-12,15,19,21,26-27,33,37H,13-14,16-18H2,2-4H3. The van der Waals surface area contributed by atoms with Gasteiger partial charge in [0.2, 0.25) is 0 Å². The number of carbonyl (C=O) groups excluding carboxylic acids is 1. The van der Waals surface area contributed by atoms with Gasteiger partial charge < -0.3 is 24.6 Å². The molecule has 1 fully saturated rings. The van der Waals surface area contributed by atoms with Crippen LogP contribution in [0.15, 0.2) is 54.7 Å². The van der Waals surface area contributed by atoms with E-state index in [0.717, 1.165) is 36.7 Å². The lowest BCUT2D eigenvalue weighted by molar-refractivity contribution is -0.149. The van der Waals surface area contributed by atoms with Crippen LogP contribution >= 0.6 is 0 Å². The minimum Gasteiger partial charge on any atom is -0.376 e. The van der Waals surface area contributed by atoms with Gasteiger partial charge in [-0.3, -0.25) is 4.79 Å². The van der Waals surface area contributed by atoms with Crippen LogP contribution in [0, 0.1) is 29.9 Å². The monoisotopic (exact) mass is 536 g/mol. The number of benzene rings is 2. The molecule has 0 spiro atoms. The average molecular weight is 537 g/mol. The smallest absolute Gasteiger partial charge is 0.264 e. The van der Waals surface area contributed by atoms with Crippen molar-refractivity contribution in [2.45, 2.75) is 44.6 Å². The van der Waals surface area contributed by atoms with Crippen LogP contribution in [0.4, 0.5) is 8.78 Å². The van der Waals surface area contributed by atoms with Crippen molar-refractivity contribution in [2.75, 3.05) is 26.7 Å². The van der Waals surface area contributed by atoms with Crippen molar-refractivity contribution in [2.24, 2.45) is 5.92 Å². The Morgan fingerprint density at radius 1 is 1.31 bits per heavy atom. The number of aromatic nitrogens is 2. The molecule has 7 nitrogen and oxygen atoms in total. The zero-order valence-corrected chi connectivity index (χ0v) is 22.4. The van der Waals surface area contributed by atoms with Gasteiger partial charge in [-0.2, -0.15) is 0 Å². The molecule has 9 heteroatoms. The molecule has 0 saturated carbocycles. The van der Waals surface area contributed by atoms with Gasteiger partial charge in [-0.1, -0.05) is 36.3 Å². The maximum absolute atomic E-state index is 14.9. The molecule has 3 unspecified atom stereocenters. The van der Waals surface area contributed by atoms with E-state index in [0.29, 0.717) is 25.5 Å². The lowest BCUT2D eigenvalue weighted by Crippen LogP contribution is -2.52. The third-order valence-electron chi connectivity index (χ3n) is 7.24. The van der Waals surface area contributed by atoms with Gasteiger partial charge in [0.05, 0.1) is 11.3 Å². The van der Waals surface area contributed by atoms with Crippen molar-refractivity contribution in [3.63, 3.8) is 0 Å². The molecule has 2 aromatic carbocycles. The molecule has 1 amide bonds. The van der Waals surface area contributed by atoms with Gasteiger partial charge in [0, 0.05) is 32.0 Å². The molecular weight excluding hydrogens is 502 g/mol. The van der Waals surface area contributed by atoms with E-state index in [9.17, 15) is 18.7 Å². The predicted molar refractivity (Wildman–Crippen MR) is 144 cm³/mol. The molecule has 3 aromatic rings. The second-order valence-electron chi connectivity index (χ2n) is 10.4. The Kier molecular flexibility index (Phi) is 8.80. The molecule has 2 heterocycles. The first-order chi connectivity index (χ1) is 18.6. The van der Waals surface area contributed by atoms with Crippen molar-refractivity contribution in [1.82, 2.24) is 19.8 Å². The first kappa shape index (κ1) is 28.4. The van der Waals surface area contributed by atoms with E-state index in [2.05, 4.69) is 11.2 Å². The van der Waals surface area contributed by atoms with E-state index >= 15 is 0 Å². The molecule has 2 N–H and O–H groups in total. The van der Waals surface area contributed by atoms with Crippen molar-refractivity contribution in [1.29, 1.82) is 0 Å². The van der Waals surface area contributed by atoms with Gasteiger partial charge >= 0.3 is 0 Å². The van der Waals surface area contributed by atoms with E-state index in [1.165, 1.54) is 12.0 Å². The molecule has 1 aliphatic heterocycles. The lowest BCUT2D eigenvalue weighted by atomic mass is 9.93. The highest BCUT2D eigenvalue weighted by atomic mass is 19.1. The lowest BCUT2D eigenvalue weighted by Gasteiger charge is -2.42. The van der Waals surface area contributed by atoms with Crippen molar-refractivity contribution in [3.8, 4) is 23.6 Å². The van der Waals surface area contributed by atoms with Crippen LogP contribution in [0.3, 0.4) is 0 Å². The number of terminal acetylenes is 1. The average Bonchev–Trinajstić information content (AvgIpc) is 3.59. The molecule has 39 heavy (non-hydrogen) atoms. The van der Waals surface area contributed by atoms with Gasteiger partial charge in [0.15, 0.2) is 6.10 Å². The highest BCUT2D eigenvalue weighted by Crippen LogP contribution is 2.37. The summed E-state index contributed by atoms with van der Waals surface area (Å²) in [4.78, 5) is 19.9. The van der Waals surface area contributed by atoms with E-state index in [4.69, 9.17) is 16.1 Å². The molecule has 0 bridgehead atoms. The zero-order chi connectivity index (χ0) is 28.2. The highest BCUT2D eigenvalue weighted by molar-refractivity contribution is 5.84. The third kappa shape index (κ3) is 6.36. The number of nitrogens with zero attached hydrogens (tertiary/aromatic N) is 3. The number of nitrogens with one attached hydrogen (secondary N) is 1. The Bertz CT molecular complexity index is 1330. The van der Waals surface area contributed by atoms with Crippen LogP contribution in [-0.4, -0.2) is 63.9 Å². The molecular formula is C30H34F2N4O3. The van der Waals surface area contributed by atoms with E-state index < -0.39 is 35.3 Å². The van der Waals surface area contributed by atoms with Crippen molar-refractivity contribution < 1.29 is 23.4 Å². The number of carbonyl (C=O) groups is 1. The van der Waals surface area contributed by atoms with Gasteiger partial charge in [-0.15, -0.1) is 6.42 Å². The number of hydrogen-bond acceptors (Lipinski definition) is 5. The Morgan fingerprint density at radius 2 is 2.05 bits per heavy atom. The second kappa shape index (κ2) is 12.1. The van der Waals surface area contributed by atoms with E-state index in [1.807, 2.05) is 48.7 Å². The number of halogens is 2. The van der Waals surface area contributed by atoms with Gasteiger partial charge in [0.25, 0.3) is 5.91 Å². The number of rotatable bonds is 10. The van der Waals surface area contributed by atoms with Crippen LogP contribution in [0.2, 0.25) is 0 Å². The summed E-state index contributed by atoms with van der Waals surface area (Å²) >= 11 is 0. The number of hydrogen-bond donors (Lipinski definition) is 2. The second-order valence-corrected chi connectivity index (χ2v) is 10.4. The summed E-state index contributed by atoms with van der Waals surface area (Å²) in [6.07, 6.45) is 6.28. The fourth-order valence-electron chi connectivity index (χ4n) is 5.02. The normalized spacial score (nSPS) is 17.0. The van der Waals surface area contributed by atoms with Crippen LogP contribution in [0.5, 0.6) is 0 Å². The van der Waals surface area contributed by atoms with E-state index in [-0.39, 0.29) is 17.2 Å². The Balaban J connectivity index is 1.91. The first-order valence-electron chi connectivity index (χ1n) is 12.9. The van der Waals surface area contributed by atoms with Crippen LogP contribution in [-0.2, 0) is 16.1 Å². The van der Waals surface area contributed by atoms with Crippen LogP contribution in [0.25, 0.3) is 11.3 Å².